The van der Waals surface area contributed by atoms with E-state index >= 15 is 0 Å². The van der Waals surface area contributed by atoms with Gasteiger partial charge in [-0.25, -0.2) is 8.78 Å². The number of hydrogen-bond acceptors (Lipinski definition) is 3. The summed E-state index contributed by atoms with van der Waals surface area (Å²) < 4.78 is 37.0. The molecule has 122 valence electrons. The molecule has 0 aromatic heterocycles. The number of hydrogen-bond donors (Lipinski definition) is 1. The summed E-state index contributed by atoms with van der Waals surface area (Å²) in [6.07, 6.45) is 0.847. The molecule has 2 aromatic rings. The predicted molar refractivity (Wildman–Crippen MR) is 82.7 cm³/mol. The van der Waals surface area contributed by atoms with E-state index in [0.29, 0.717) is 18.1 Å². The van der Waals surface area contributed by atoms with Crippen molar-refractivity contribution in [1.29, 1.82) is 0 Å². The Morgan fingerprint density at radius 2 is 1.65 bits per heavy atom. The van der Waals surface area contributed by atoms with Crippen LogP contribution in [0.2, 0.25) is 0 Å². The van der Waals surface area contributed by atoms with Gasteiger partial charge in [0.2, 0.25) is 0 Å². The lowest BCUT2D eigenvalue weighted by atomic mass is 10.3. The molecule has 0 aliphatic carbocycles. The molecule has 0 unspecified atom stereocenters. The summed E-state index contributed by atoms with van der Waals surface area (Å²) in [4.78, 5) is 11.8. The molecule has 0 aliphatic rings. The fraction of sp³-hybridized carbons (Fsp3) is 0.235. The van der Waals surface area contributed by atoms with Crippen molar-refractivity contribution >= 4 is 11.6 Å². The molecule has 2 rings (SSSR count). The SMILES string of the molecule is CCCOc1ccccc1OCC(=O)Nc1cc(F)cc(F)c1. The van der Waals surface area contributed by atoms with Gasteiger partial charge >= 0.3 is 0 Å². The zero-order valence-electron chi connectivity index (χ0n) is 12.6. The van der Waals surface area contributed by atoms with Crippen molar-refractivity contribution in [3.8, 4) is 11.5 Å². The van der Waals surface area contributed by atoms with Gasteiger partial charge < -0.3 is 14.8 Å². The van der Waals surface area contributed by atoms with Gasteiger partial charge in [-0.15, -0.1) is 0 Å². The number of carbonyl (C=O) groups excluding carboxylic acids is 1. The van der Waals surface area contributed by atoms with Gasteiger partial charge in [0.25, 0.3) is 5.91 Å². The molecule has 0 aliphatic heterocycles. The van der Waals surface area contributed by atoms with Crippen LogP contribution in [-0.4, -0.2) is 19.1 Å². The van der Waals surface area contributed by atoms with E-state index in [4.69, 9.17) is 9.47 Å². The Morgan fingerprint density at radius 3 is 2.26 bits per heavy atom. The van der Waals surface area contributed by atoms with Crippen molar-refractivity contribution in [1.82, 2.24) is 0 Å². The van der Waals surface area contributed by atoms with Crippen LogP contribution in [-0.2, 0) is 4.79 Å². The summed E-state index contributed by atoms with van der Waals surface area (Å²) in [5.41, 5.74) is 0.0339. The third kappa shape index (κ3) is 5.25. The van der Waals surface area contributed by atoms with Gasteiger partial charge in [0.1, 0.15) is 11.6 Å². The van der Waals surface area contributed by atoms with E-state index in [1.807, 2.05) is 6.92 Å². The second-order valence-electron chi connectivity index (χ2n) is 4.79. The first-order valence-electron chi connectivity index (χ1n) is 7.19. The van der Waals surface area contributed by atoms with Crippen molar-refractivity contribution in [2.75, 3.05) is 18.5 Å². The maximum absolute atomic E-state index is 13.1. The van der Waals surface area contributed by atoms with Crippen LogP contribution in [0.3, 0.4) is 0 Å². The number of carbonyl (C=O) groups is 1. The highest BCUT2D eigenvalue weighted by Gasteiger charge is 2.09. The van der Waals surface area contributed by atoms with E-state index in [1.54, 1.807) is 24.3 Å². The van der Waals surface area contributed by atoms with Gasteiger partial charge in [0, 0.05) is 11.8 Å². The molecule has 1 amide bonds. The first kappa shape index (κ1) is 16.7. The maximum Gasteiger partial charge on any atom is 0.262 e. The first-order valence-corrected chi connectivity index (χ1v) is 7.19. The van der Waals surface area contributed by atoms with Crippen LogP contribution < -0.4 is 14.8 Å². The van der Waals surface area contributed by atoms with Crippen LogP contribution in [0.5, 0.6) is 11.5 Å². The Bertz CT molecular complexity index is 656. The number of anilines is 1. The molecule has 0 atom stereocenters. The second-order valence-corrected chi connectivity index (χ2v) is 4.79. The summed E-state index contributed by atoms with van der Waals surface area (Å²) in [5.74, 6) is -1.08. The Balaban J connectivity index is 1.94. The summed E-state index contributed by atoms with van der Waals surface area (Å²) >= 11 is 0. The van der Waals surface area contributed by atoms with Gasteiger partial charge in [-0.05, 0) is 30.7 Å². The van der Waals surface area contributed by atoms with Crippen LogP contribution >= 0.6 is 0 Å². The predicted octanol–water partition coefficient (Wildman–Crippen LogP) is 3.77. The van der Waals surface area contributed by atoms with Crippen LogP contribution in [0.1, 0.15) is 13.3 Å². The number of nitrogens with one attached hydrogen (secondary N) is 1. The molecule has 0 bridgehead atoms. The third-order valence-electron chi connectivity index (χ3n) is 2.82. The lowest BCUT2D eigenvalue weighted by Gasteiger charge is -2.12. The van der Waals surface area contributed by atoms with Crippen LogP contribution in [0.25, 0.3) is 0 Å². The van der Waals surface area contributed by atoms with Gasteiger partial charge in [-0.2, -0.15) is 0 Å². The van der Waals surface area contributed by atoms with Crippen molar-refractivity contribution in [3.63, 3.8) is 0 Å². The topological polar surface area (TPSA) is 47.6 Å². The lowest BCUT2D eigenvalue weighted by Crippen LogP contribution is -2.20. The van der Waals surface area contributed by atoms with Crippen LogP contribution in [0.15, 0.2) is 42.5 Å². The average molecular weight is 321 g/mol. The minimum atomic E-state index is -0.764. The Kier molecular flexibility index (Phi) is 5.91. The minimum Gasteiger partial charge on any atom is -0.490 e. The van der Waals surface area contributed by atoms with Crippen molar-refractivity contribution < 1.29 is 23.0 Å². The van der Waals surface area contributed by atoms with E-state index in [0.717, 1.165) is 24.6 Å². The number of benzene rings is 2. The molecule has 2 aromatic carbocycles. The molecule has 6 heteroatoms. The third-order valence-corrected chi connectivity index (χ3v) is 2.82. The number of amides is 1. The molecular weight excluding hydrogens is 304 g/mol. The van der Waals surface area contributed by atoms with E-state index in [-0.39, 0.29) is 12.3 Å². The zero-order valence-corrected chi connectivity index (χ0v) is 12.6. The maximum atomic E-state index is 13.1. The van der Waals surface area contributed by atoms with E-state index in [1.165, 1.54) is 0 Å². The molecule has 0 saturated heterocycles. The summed E-state index contributed by atoms with van der Waals surface area (Å²) in [6, 6.07) is 9.76. The van der Waals surface area contributed by atoms with Gasteiger partial charge in [0.15, 0.2) is 18.1 Å². The molecular formula is C17H17F2NO3. The second kappa shape index (κ2) is 8.12. The highest BCUT2D eigenvalue weighted by molar-refractivity contribution is 5.91. The average Bonchev–Trinajstić information content (AvgIpc) is 2.50. The smallest absolute Gasteiger partial charge is 0.262 e. The molecule has 0 fully saturated rings. The fourth-order valence-electron chi connectivity index (χ4n) is 1.87. The van der Waals surface area contributed by atoms with Crippen molar-refractivity contribution in [3.05, 3.63) is 54.1 Å². The normalized spacial score (nSPS) is 10.2. The quantitative estimate of drug-likeness (QED) is 0.844. The Hall–Kier alpha value is -2.63. The van der Waals surface area contributed by atoms with E-state index in [2.05, 4.69) is 5.32 Å². The monoisotopic (exact) mass is 321 g/mol. The highest BCUT2D eigenvalue weighted by atomic mass is 19.1. The summed E-state index contributed by atoms with van der Waals surface area (Å²) in [7, 11) is 0. The van der Waals surface area contributed by atoms with Crippen molar-refractivity contribution in [2.24, 2.45) is 0 Å². The largest absolute Gasteiger partial charge is 0.490 e. The standard InChI is InChI=1S/C17H17F2NO3/c1-2-7-22-15-5-3-4-6-16(15)23-11-17(21)20-14-9-12(18)8-13(19)10-14/h3-6,8-10H,2,7,11H2,1H3,(H,20,21). The first-order chi connectivity index (χ1) is 11.1. The van der Waals surface area contributed by atoms with Gasteiger partial charge in [-0.1, -0.05) is 19.1 Å². The zero-order chi connectivity index (χ0) is 16.7. The molecule has 0 heterocycles. The van der Waals surface area contributed by atoms with Gasteiger partial charge in [-0.3, -0.25) is 4.79 Å². The van der Waals surface area contributed by atoms with Crippen molar-refractivity contribution in [2.45, 2.75) is 13.3 Å². The molecule has 23 heavy (non-hydrogen) atoms. The number of para-hydroxylation sites is 2. The number of ether oxygens (including phenoxy) is 2. The molecule has 4 nitrogen and oxygen atoms in total. The molecule has 0 saturated carbocycles. The number of halogens is 2. The van der Waals surface area contributed by atoms with Crippen LogP contribution in [0, 0.1) is 11.6 Å². The molecule has 0 spiro atoms. The molecule has 1 N–H and O–H groups in total. The van der Waals surface area contributed by atoms with E-state index in [9.17, 15) is 13.6 Å². The fourth-order valence-corrected chi connectivity index (χ4v) is 1.87. The highest BCUT2D eigenvalue weighted by Crippen LogP contribution is 2.26. The van der Waals surface area contributed by atoms with E-state index < -0.39 is 17.5 Å². The van der Waals surface area contributed by atoms with Gasteiger partial charge in [0.05, 0.1) is 6.61 Å². The Labute approximate surface area is 133 Å². The Morgan fingerprint density at radius 1 is 1.04 bits per heavy atom. The molecule has 0 radical (unpaired) electrons. The number of rotatable bonds is 7. The lowest BCUT2D eigenvalue weighted by molar-refractivity contribution is -0.118. The minimum absolute atomic E-state index is 0.0339. The summed E-state index contributed by atoms with van der Waals surface area (Å²) in [6.45, 7) is 2.22. The summed E-state index contributed by atoms with van der Waals surface area (Å²) in [5, 5.41) is 2.37. The van der Waals surface area contributed by atoms with Crippen LogP contribution in [0.4, 0.5) is 14.5 Å².